The summed E-state index contributed by atoms with van der Waals surface area (Å²) in [7, 11) is 0. The number of ether oxygens (including phenoxy) is 3. The highest BCUT2D eigenvalue weighted by Crippen LogP contribution is 2.56. The number of benzene rings is 25. The Kier molecular flexibility index (Phi) is 19.8. The molecule has 28 aromatic rings. The fraction of sp³-hybridized carbons (Fsp3) is 0. The molecule has 6 heterocycles. The van der Waals surface area contributed by atoms with Crippen LogP contribution in [0.15, 0.2) is 534 Å². The van der Waals surface area contributed by atoms with Crippen LogP contribution in [-0.2, 0) is 0 Å². The van der Waals surface area contributed by atoms with Gasteiger partial charge in [-0.2, -0.15) is 0 Å². The second kappa shape index (κ2) is 34.6. The van der Waals surface area contributed by atoms with Gasteiger partial charge in [0.1, 0.15) is 34.5 Å². The molecule has 688 valence electrons. The molecule has 147 heavy (non-hydrogen) atoms. The number of rotatable bonds is 13. The molecule has 0 saturated carbocycles. The van der Waals surface area contributed by atoms with E-state index < -0.39 is 0 Å². The van der Waals surface area contributed by atoms with Crippen LogP contribution in [0.3, 0.4) is 0 Å². The van der Waals surface area contributed by atoms with E-state index in [4.69, 9.17) is 14.2 Å². The van der Waals surface area contributed by atoms with Crippen molar-refractivity contribution < 1.29 is 14.2 Å². The van der Waals surface area contributed by atoms with Crippen LogP contribution in [0.2, 0.25) is 0 Å². The Morgan fingerprint density at radius 1 is 0.143 bits per heavy atom. The van der Waals surface area contributed by atoms with Crippen molar-refractivity contribution in [2.45, 2.75) is 0 Å². The van der Waals surface area contributed by atoms with Crippen molar-refractivity contribution in [3.05, 3.63) is 534 Å². The number of fused-ring (bicyclic) bond motifs is 19. The van der Waals surface area contributed by atoms with Crippen molar-refractivity contribution in [1.82, 2.24) is 13.7 Å². The topological polar surface area (TPSA) is 52.2 Å². The molecule has 3 aliphatic heterocycles. The van der Waals surface area contributed by atoms with Gasteiger partial charge in [-0.1, -0.05) is 346 Å². The van der Waals surface area contributed by atoms with Gasteiger partial charge in [-0.3, -0.25) is 0 Å². The molecule has 3 aliphatic rings. The summed E-state index contributed by atoms with van der Waals surface area (Å²) in [4.78, 5) is 7.12. The minimum absolute atomic E-state index is 0.855. The van der Waals surface area contributed by atoms with Crippen LogP contribution in [0.5, 0.6) is 34.5 Å². The molecule has 0 aliphatic carbocycles. The highest BCUT2D eigenvalue weighted by atomic mass is 16.5. The van der Waals surface area contributed by atoms with E-state index in [0.717, 1.165) is 147 Å². The Hall–Kier alpha value is -19.7. The van der Waals surface area contributed by atoms with Gasteiger partial charge in [0.25, 0.3) is 0 Å². The number of hydrogen-bond acceptors (Lipinski definition) is 6. The average Bonchev–Trinajstić information content (AvgIpc) is 1.71. The molecule has 0 atom stereocenters. The largest absolute Gasteiger partial charge is 0.456 e. The molecule has 3 aromatic heterocycles. The maximum atomic E-state index is 6.73. The maximum absolute atomic E-state index is 6.73. The first kappa shape index (κ1) is 84.2. The van der Waals surface area contributed by atoms with E-state index in [1.165, 1.54) is 131 Å². The quantitative estimate of drug-likeness (QED) is 0.107. The number of hydrogen-bond donors (Lipinski definition) is 0. The zero-order chi connectivity index (χ0) is 96.7. The van der Waals surface area contributed by atoms with E-state index in [-0.39, 0.29) is 0 Å². The van der Waals surface area contributed by atoms with E-state index in [2.05, 4.69) is 562 Å². The van der Waals surface area contributed by atoms with E-state index in [1.807, 2.05) is 0 Å². The molecule has 0 N–H and O–H groups in total. The zero-order valence-electron chi connectivity index (χ0n) is 79.7. The van der Waals surface area contributed by atoms with Crippen molar-refractivity contribution in [1.29, 1.82) is 0 Å². The highest BCUT2D eigenvalue weighted by Gasteiger charge is 2.31. The van der Waals surface area contributed by atoms with Gasteiger partial charge in [0, 0.05) is 151 Å². The van der Waals surface area contributed by atoms with Gasteiger partial charge in [0.2, 0.25) is 0 Å². The van der Waals surface area contributed by atoms with Gasteiger partial charge in [0.05, 0.1) is 44.5 Å². The summed E-state index contributed by atoms with van der Waals surface area (Å²) < 4.78 is 27.2. The zero-order valence-corrected chi connectivity index (χ0v) is 79.7. The summed E-state index contributed by atoms with van der Waals surface area (Å²) in [6, 6.07) is 191. The average molecular weight is 1880 g/mol. The predicted molar refractivity (Wildman–Crippen MR) is 613 cm³/mol. The smallest absolute Gasteiger partial charge is 0.137 e. The van der Waals surface area contributed by atoms with Crippen LogP contribution in [-0.4, -0.2) is 13.7 Å². The first-order valence-electron chi connectivity index (χ1n) is 50.1. The molecule has 0 radical (unpaired) electrons. The Morgan fingerprint density at radius 3 is 0.871 bits per heavy atom. The molecular formula is C138H88N6O3. The minimum atomic E-state index is 0.855. The van der Waals surface area contributed by atoms with E-state index in [0.29, 0.717) is 0 Å². The van der Waals surface area contributed by atoms with Crippen LogP contribution in [0.1, 0.15) is 0 Å². The van der Waals surface area contributed by atoms with Crippen molar-refractivity contribution in [2.24, 2.45) is 0 Å². The van der Waals surface area contributed by atoms with Crippen molar-refractivity contribution in [2.75, 3.05) is 14.7 Å². The second-order valence-electron chi connectivity index (χ2n) is 38.1. The molecule has 0 bridgehead atoms. The van der Waals surface area contributed by atoms with Crippen LogP contribution >= 0.6 is 0 Å². The Labute approximate surface area is 847 Å². The lowest BCUT2D eigenvalue weighted by Crippen LogP contribution is -2.11. The minimum Gasteiger partial charge on any atom is -0.456 e. The van der Waals surface area contributed by atoms with Gasteiger partial charge in [0.15, 0.2) is 0 Å². The van der Waals surface area contributed by atoms with Crippen molar-refractivity contribution >= 4 is 181 Å². The van der Waals surface area contributed by atoms with E-state index >= 15 is 0 Å². The van der Waals surface area contributed by atoms with Crippen LogP contribution in [0, 0.1) is 0 Å². The molecule has 31 rings (SSSR count). The molecule has 0 fully saturated rings. The number of para-hydroxylation sites is 6. The van der Waals surface area contributed by atoms with Crippen molar-refractivity contribution in [3.63, 3.8) is 0 Å². The number of nitrogens with zero attached hydrogens (tertiary/aromatic N) is 6. The predicted octanol–water partition coefficient (Wildman–Crippen LogP) is 38.7. The van der Waals surface area contributed by atoms with Gasteiger partial charge in [-0.05, 0) is 235 Å². The van der Waals surface area contributed by atoms with E-state index in [1.54, 1.807) is 0 Å². The van der Waals surface area contributed by atoms with Gasteiger partial charge >= 0.3 is 0 Å². The fourth-order valence-corrected chi connectivity index (χ4v) is 23.3. The summed E-state index contributed by atoms with van der Waals surface area (Å²) in [5, 5.41) is 21.7. The normalized spacial score (nSPS) is 12.0. The first-order valence-corrected chi connectivity index (χ1v) is 50.1. The van der Waals surface area contributed by atoms with Gasteiger partial charge < -0.3 is 42.6 Å². The SMILES string of the molecule is c1ccc(-c2ccc(N(c3ccc4c(c3)Oc3cccc5cccc-4c35)c3ccc4c5ccccc5n(-c5ccccc5)c4c3)cc2)cc1.c1ccc(-n2c3ccccc3c3ccc(N(c4ccc5c(c4)Oc4cccc6cccc-5c46)c4cc5ccccc5c5ccccc45)cc32)cc1.c1ccc(-n2c3ccccc3c3ccc(N(c4ccc5c(c4)Oc4cccc6cccc-5c46)c4cccc5ccccc45)cc32)cc1. The first-order chi connectivity index (χ1) is 72.9. The number of anilines is 9. The Morgan fingerprint density at radius 2 is 0.435 bits per heavy atom. The summed E-state index contributed by atoms with van der Waals surface area (Å²) in [6.07, 6.45) is 0. The Balaban J connectivity index is 0.000000104. The molecule has 0 saturated heterocycles. The lowest BCUT2D eigenvalue weighted by atomic mass is 9.94. The highest BCUT2D eigenvalue weighted by molar-refractivity contribution is 6.19. The van der Waals surface area contributed by atoms with E-state index in [9.17, 15) is 0 Å². The molecule has 0 unspecified atom stereocenters. The van der Waals surface area contributed by atoms with Gasteiger partial charge in [-0.15, -0.1) is 0 Å². The lowest BCUT2D eigenvalue weighted by Gasteiger charge is -2.29. The fourth-order valence-electron chi connectivity index (χ4n) is 23.3. The second-order valence-corrected chi connectivity index (χ2v) is 38.1. The molecule has 0 amide bonds. The molecule has 25 aromatic carbocycles. The molecule has 9 heteroatoms. The monoisotopic (exact) mass is 1880 g/mol. The van der Waals surface area contributed by atoms with Gasteiger partial charge in [-0.25, -0.2) is 0 Å². The molecule has 9 nitrogen and oxygen atoms in total. The standard InChI is InChI=1S/C48H30N2O.C46H30N2O.C44H28N2O/c1-2-15-33(16-3-1)50-43-22-9-8-20-39(43)40-26-24-34(29-45(40)50)49(44-28-32-12-4-5-17-36(32)37-18-6-7-19-38(37)44)35-25-27-41-42-21-10-13-31-14-11-23-46(48(31)42)51-47(41)30-35;1-3-11-31(12-4-1)32-21-23-35(24-22-32)47(37-26-28-40-41-18-9-13-33-14-10-20-44(46(33)41)49-45(40)30-37)36-25-27-39-38-17-7-8-19-42(38)48(43(39)29-36)34-15-5-2-6-16-34;1-2-15-31(16-3-1)46-40-20-7-6-18-35(40)36-25-23-32(27-41(36)46)45(39-21-9-12-29-11-4-5-17-34(29)39)33-24-26-37-38-19-8-13-30-14-10-22-42(44(30)38)47-43(37)28-33/h1-30H;1-30H;1-28H. The maximum Gasteiger partial charge on any atom is 0.137 e. The Bertz CT molecular complexity index is 10200. The summed E-state index contributed by atoms with van der Waals surface area (Å²) in [5.41, 5.74) is 29.4. The number of aromatic nitrogens is 3. The molecular weight excluding hydrogens is 1790 g/mol. The third-order valence-corrected chi connectivity index (χ3v) is 29.8. The lowest BCUT2D eigenvalue weighted by molar-refractivity contribution is 0.487. The third kappa shape index (κ3) is 14.1. The summed E-state index contributed by atoms with van der Waals surface area (Å²) >= 11 is 0. The molecule has 0 spiro atoms. The van der Waals surface area contributed by atoms with Crippen LogP contribution in [0.4, 0.5) is 51.2 Å². The van der Waals surface area contributed by atoms with Crippen LogP contribution in [0.25, 0.3) is 192 Å². The van der Waals surface area contributed by atoms with Crippen molar-refractivity contribution in [3.8, 4) is 96.1 Å². The summed E-state index contributed by atoms with van der Waals surface area (Å²) in [5.74, 6) is 5.25. The third-order valence-electron chi connectivity index (χ3n) is 29.8. The summed E-state index contributed by atoms with van der Waals surface area (Å²) in [6.45, 7) is 0. The van der Waals surface area contributed by atoms with Crippen LogP contribution < -0.4 is 28.9 Å².